The van der Waals surface area contributed by atoms with Crippen LogP contribution < -0.4 is 0 Å². The molecular formula is C11H17NS. The molecule has 1 unspecified atom stereocenters. The van der Waals surface area contributed by atoms with E-state index in [4.69, 9.17) is 0 Å². The molecule has 0 aromatic rings. The zero-order valence-electron chi connectivity index (χ0n) is 8.15. The minimum absolute atomic E-state index is 0.694. The van der Waals surface area contributed by atoms with Crippen molar-refractivity contribution in [2.24, 2.45) is 5.92 Å². The first-order valence-electron chi connectivity index (χ1n) is 4.98. The molecule has 1 aliphatic carbocycles. The van der Waals surface area contributed by atoms with E-state index in [1.165, 1.54) is 25.3 Å². The molecule has 72 valence electrons. The molecule has 1 aliphatic heterocycles. The van der Waals surface area contributed by atoms with Crippen molar-refractivity contribution in [1.29, 1.82) is 0 Å². The Morgan fingerprint density at radius 2 is 2.15 bits per heavy atom. The lowest BCUT2D eigenvalue weighted by Gasteiger charge is -2.06. The third-order valence-electron chi connectivity index (χ3n) is 2.76. The first-order chi connectivity index (χ1) is 6.40. The Kier molecular flexibility index (Phi) is 3.12. The Hall–Kier alpha value is -0.210. The van der Waals surface area contributed by atoms with Crippen molar-refractivity contribution in [3.05, 3.63) is 24.3 Å². The fourth-order valence-corrected chi connectivity index (χ4v) is 2.35. The molecule has 1 heterocycles. The van der Waals surface area contributed by atoms with Crippen molar-refractivity contribution in [3.8, 4) is 0 Å². The van der Waals surface area contributed by atoms with Gasteiger partial charge in [0.05, 0.1) is 0 Å². The third kappa shape index (κ3) is 2.61. The molecule has 1 fully saturated rings. The molecule has 2 rings (SSSR count). The van der Waals surface area contributed by atoms with Gasteiger partial charge in [0.2, 0.25) is 0 Å². The topological polar surface area (TPSA) is 3.01 Å². The summed E-state index contributed by atoms with van der Waals surface area (Å²) in [6.45, 7) is 2.57. The van der Waals surface area contributed by atoms with Gasteiger partial charge in [-0.2, -0.15) is 11.8 Å². The Labute approximate surface area is 84.9 Å². The summed E-state index contributed by atoms with van der Waals surface area (Å²) < 4.78 is 0. The van der Waals surface area contributed by atoms with Crippen LogP contribution in [-0.4, -0.2) is 36.0 Å². The molecule has 0 bridgehead atoms. The van der Waals surface area contributed by atoms with Crippen LogP contribution in [0.1, 0.15) is 6.42 Å². The van der Waals surface area contributed by atoms with E-state index in [1.807, 2.05) is 11.8 Å². The zero-order chi connectivity index (χ0) is 9.10. The lowest BCUT2D eigenvalue weighted by atomic mass is 10.2. The van der Waals surface area contributed by atoms with Crippen LogP contribution >= 0.6 is 11.8 Å². The van der Waals surface area contributed by atoms with Gasteiger partial charge in [-0.25, -0.2) is 0 Å². The molecule has 13 heavy (non-hydrogen) atoms. The van der Waals surface area contributed by atoms with Gasteiger partial charge in [0.1, 0.15) is 0 Å². The number of hydrogen-bond donors (Lipinski definition) is 0. The van der Waals surface area contributed by atoms with Gasteiger partial charge in [0.25, 0.3) is 0 Å². The maximum absolute atomic E-state index is 2.58. The fraction of sp³-hybridized carbons (Fsp3) is 0.636. The van der Waals surface area contributed by atoms with Crippen molar-refractivity contribution in [2.75, 3.05) is 25.1 Å². The second-order valence-electron chi connectivity index (χ2n) is 3.82. The van der Waals surface area contributed by atoms with Crippen molar-refractivity contribution >= 4 is 11.8 Å². The smallest absolute Gasteiger partial charge is 0.0232 e. The van der Waals surface area contributed by atoms with Crippen molar-refractivity contribution < 1.29 is 0 Å². The monoisotopic (exact) mass is 195 g/mol. The highest BCUT2D eigenvalue weighted by atomic mass is 32.2. The van der Waals surface area contributed by atoms with Gasteiger partial charge < -0.3 is 0 Å². The first-order valence-corrected chi connectivity index (χ1v) is 6.37. The average molecular weight is 195 g/mol. The highest BCUT2D eigenvalue weighted by Crippen LogP contribution is 2.25. The number of rotatable bonds is 5. The van der Waals surface area contributed by atoms with E-state index in [-0.39, 0.29) is 0 Å². The van der Waals surface area contributed by atoms with Gasteiger partial charge >= 0.3 is 0 Å². The number of nitrogens with zero attached hydrogens (tertiary/aromatic N) is 1. The van der Waals surface area contributed by atoms with E-state index in [9.17, 15) is 0 Å². The summed E-state index contributed by atoms with van der Waals surface area (Å²) in [6, 6.07) is 0.898. The second kappa shape index (κ2) is 4.34. The number of thioether (sulfide) groups is 1. The van der Waals surface area contributed by atoms with E-state index >= 15 is 0 Å². The molecule has 2 aliphatic rings. The summed E-state index contributed by atoms with van der Waals surface area (Å²) in [7, 11) is 0. The summed E-state index contributed by atoms with van der Waals surface area (Å²) in [5.41, 5.74) is 0. The van der Waals surface area contributed by atoms with Gasteiger partial charge in [0.15, 0.2) is 0 Å². The van der Waals surface area contributed by atoms with E-state index in [0.717, 1.165) is 6.04 Å². The van der Waals surface area contributed by atoms with Gasteiger partial charge in [-0.3, -0.25) is 4.90 Å². The number of allylic oxidation sites excluding steroid dienone is 2. The lowest BCUT2D eigenvalue weighted by molar-refractivity contribution is 0.470. The molecule has 0 spiro atoms. The SMILES string of the molecule is CSCC[C@H]1CN1CC1C=CC=C1. The van der Waals surface area contributed by atoms with Crippen molar-refractivity contribution in [1.82, 2.24) is 4.90 Å². The fourth-order valence-electron chi connectivity index (χ4n) is 1.85. The van der Waals surface area contributed by atoms with E-state index in [2.05, 4.69) is 35.5 Å². The average Bonchev–Trinajstić information content (AvgIpc) is 2.62. The van der Waals surface area contributed by atoms with Crippen LogP contribution in [0.2, 0.25) is 0 Å². The summed E-state index contributed by atoms with van der Waals surface area (Å²) in [4.78, 5) is 2.58. The van der Waals surface area contributed by atoms with E-state index in [1.54, 1.807) is 0 Å². The predicted octanol–water partition coefficient (Wildman–Crippen LogP) is 2.17. The third-order valence-corrected chi connectivity index (χ3v) is 3.40. The normalized spacial score (nSPS) is 31.5. The zero-order valence-corrected chi connectivity index (χ0v) is 8.96. The van der Waals surface area contributed by atoms with Crippen molar-refractivity contribution in [2.45, 2.75) is 12.5 Å². The summed E-state index contributed by atoms with van der Waals surface area (Å²) >= 11 is 1.96. The standard InChI is InChI=1S/C11H17NS/c1-13-7-6-11-9-12(11)8-10-4-2-3-5-10/h2-5,10-11H,6-9H2,1H3/t11-,12?/m0/s1. The Morgan fingerprint density at radius 1 is 1.38 bits per heavy atom. The maximum Gasteiger partial charge on any atom is 0.0232 e. The number of hydrogen-bond acceptors (Lipinski definition) is 2. The van der Waals surface area contributed by atoms with Crippen LogP contribution in [0, 0.1) is 5.92 Å². The Morgan fingerprint density at radius 3 is 2.85 bits per heavy atom. The molecule has 1 nitrogen and oxygen atoms in total. The van der Waals surface area contributed by atoms with Crippen LogP contribution in [0.15, 0.2) is 24.3 Å². The van der Waals surface area contributed by atoms with Crippen LogP contribution in [0.4, 0.5) is 0 Å². The molecule has 0 radical (unpaired) electrons. The molecule has 1 saturated heterocycles. The Bertz CT molecular complexity index is 210. The predicted molar refractivity (Wildman–Crippen MR) is 60.1 cm³/mol. The lowest BCUT2D eigenvalue weighted by Crippen LogP contribution is -2.11. The van der Waals surface area contributed by atoms with Crippen LogP contribution in [0.5, 0.6) is 0 Å². The van der Waals surface area contributed by atoms with Gasteiger partial charge in [0, 0.05) is 25.0 Å². The molecule has 0 aromatic carbocycles. The minimum atomic E-state index is 0.694. The van der Waals surface area contributed by atoms with Crippen molar-refractivity contribution in [3.63, 3.8) is 0 Å². The van der Waals surface area contributed by atoms with Gasteiger partial charge in [-0.05, 0) is 18.4 Å². The quantitative estimate of drug-likeness (QED) is 0.618. The van der Waals surface area contributed by atoms with E-state index < -0.39 is 0 Å². The van der Waals surface area contributed by atoms with Crippen LogP contribution in [0.25, 0.3) is 0 Å². The highest BCUT2D eigenvalue weighted by molar-refractivity contribution is 7.98. The minimum Gasteiger partial charge on any atom is -0.297 e. The molecular weight excluding hydrogens is 178 g/mol. The summed E-state index contributed by atoms with van der Waals surface area (Å²) in [5.74, 6) is 2.01. The van der Waals surface area contributed by atoms with Gasteiger partial charge in [-0.15, -0.1) is 0 Å². The summed E-state index contributed by atoms with van der Waals surface area (Å²) in [6.07, 6.45) is 12.5. The molecule has 0 saturated carbocycles. The maximum atomic E-state index is 2.58. The summed E-state index contributed by atoms with van der Waals surface area (Å²) in [5, 5.41) is 0. The molecule has 2 atom stereocenters. The molecule has 0 amide bonds. The highest BCUT2D eigenvalue weighted by Gasteiger charge is 2.33. The molecule has 0 N–H and O–H groups in total. The van der Waals surface area contributed by atoms with Crippen LogP contribution in [-0.2, 0) is 0 Å². The first kappa shape index (κ1) is 9.35. The molecule has 2 heteroatoms. The largest absolute Gasteiger partial charge is 0.297 e. The molecule has 0 aromatic heterocycles. The van der Waals surface area contributed by atoms with E-state index in [0.29, 0.717) is 5.92 Å². The van der Waals surface area contributed by atoms with Crippen LogP contribution in [0.3, 0.4) is 0 Å². The Balaban J connectivity index is 1.63. The second-order valence-corrected chi connectivity index (χ2v) is 4.81. The van der Waals surface area contributed by atoms with Gasteiger partial charge in [-0.1, -0.05) is 24.3 Å².